The van der Waals surface area contributed by atoms with Gasteiger partial charge in [0.05, 0.1) is 32.5 Å². The minimum atomic E-state index is -0.875. The van der Waals surface area contributed by atoms with Gasteiger partial charge in [-0.05, 0) is 32.8 Å². The average Bonchev–Trinajstić information content (AvgIpc) is 3.51. The van der Waals surface area contributed by atoms with Gasteiger partial charge >= 0.3 is 0 Å². The molecule has 3 rings (SSSR count). The molecule has 1 heterocycles. The third-order valence-corrected chi connectivity index (χ3v) is 5.72. The molecule has 0 bridgehead atoms. The van der Waals surface area contributed by atoms with Crippen LogP contribution in [0.2, 0.25) is 0 Å². The van der Waals surface area contributed by atoms with Crippen LogP contribution in [0.5, 0.6) is 5.75 Å². The second-order valence-corrected chi connectivity index (χ2v) is 8.41. The Labute approximate surface area is 197 Å². The Bertz CT molecular complexity index is 689. The lowest BCUT2D eigenvalue weighted by atomic mass is 9.95. The maximum Gasteiger partial charge on any atom is 0.191 e. The maximum absolute atomic E-state index is 10.8. The number of para-hydroxylation sites is 1. The van der Waals surface area contributed by atoms with Crippen molar-refractivity contribution in [3.8, 4) is 5.75 Å². The Morgan fingerprint density at radius 1 is 1.27 bits per heavy atom. The summed E-state index contributed by atoms with van der Waals surface area (Å²) >= 11 is 0. The molecule has 0 aromatic heterocycles. The van der Waals surface area contributed by atoms with Gasteiger partial charge in [0.25, 0.3) is 0 Å². The van der Waals surface area contributed by atoms with E-state index in [1.807, 2.05) is 19.1 Å². The third kappa shape index (κ3) is 6.96. The summed E-state index contributed by atoms with van der Waals surface area (Å²) in [6.45, 7) is 9.61. The highest BCUT2D eigenvalue weighted by molar-refractivity contribution is 14.0. The van der Waals surface area contributed by atoms with Gasteiger partial charge in [-0.3, -0.25) is 9.89 Å². The molecule has 3 N–H and O–H groups in total. The Morgan fingerprint density at radius 2 is 1.97 bits per heavy atom. The molecule has 1 saturated heterocycles. The fraction of sp³-hybridized carbons (Fsp3) is 0.682. The van der Waals surface area contributed by atoms with Gasteiger partial charge in [-0.15, -0.1) is 24.0 Å². The molecule has 0 spiro atoms. The summed E-state index contributed by atoms with van der Waals surface area (Å²) in [5.41, 5.74) is 0.476. The van der Waals surface area contributed by atoms with Crippen LogP contribution in [0.1, 0.15) is 32.3 Å². The minimum Gasteiger partial charge on any atom is -0.496 e. The normalized spacial score (nSPS) is 20.6. The molecule has 8 heteroatoms. The van der Waals surface area contributed by atoms with E-state index in [2.05, 4.69) is 39.6 Å². The first-order valence-electron chi connectivity index (χ1n) is 10.7. The number of rotatable bonds is 9. The largest absolute Gasteiger partial charge is 0.496 e. The number of aliphatic hydroxyl groups is 1. The number of benzene rings is 1. The molecule has 1 saturated carbocycles. The molecule has 1 aromatic carbocycles. The van der Waals surface area contributed by atoms with Gasteiger partial charge in [0.2, 0.25) is 0 Å². The lowest BCUT2D eigenvalue weighted by Crippen LogP contribution is -2.48. The monoisotopic (exact) mass is 532 g/mol. The number of ether oxygens (including phenoxy) is 2. The van der Waals surface area contributed by atoms with Crippen molar-refractivity contribution < 1.29 is 14.6 Å². The van der Waals surface area contributed by atoms with Crippen LogP contribution < -0.4 is 15.4 Å². The van der Waals surface area contributed by atoms with E-state index < -0.39 is 5.60 Å². The minimum absolute atomic E-state index is 0. The summed E-state index contributed by atoms with van der Waals surface area (Å²) in [4.78, 5) is 6.91. The molecule has 0 radical (unpaired) electrons. The van der Waals surface area contributed by atoms with E-state index >= 15 is 0 Å². The standard InChI is InChI=1S/C22H36N4O3.HI/c1-4-23-20(24-15-21(2,27)17-26-11-13-29-14-12-26)25-16-22(9-10-22)18-7-5-6-8-19(18)28-3;/h5-8,27H,4,9-17H2,1-3H3,(H2,23,24,25);1H. The van der Waals surface area contributed by atoms with Crippen molar-refractivity contribution in [2.45, 2.75) is 37.7 Å². The highest BCUT2D eigenvalue weighted by Gasteiger charge is 2.46. The van der Waals surface area contributed by atoms with E-state index in [4.69, 9.17) is 9.47 Å². The number of β-amino-alcohol motifs (C(OH)–C–C–N with tert-alkyl or cyclic N) is 1. The summed E-state index contributed by atoms with van der Waals surface area (Å²) in [5.74, 6) is 1.69. The van der Waals surface area contributed by atoms with Crippen molar-refractivity contribution in [3.05, 3.63) is 29.8 Å². The van der Waals surface area contributed by atoms with Gasteiger partial charge in [0.1, 0.15) is 5.75 Å². The summed E-state index contributed by atoms with van der Waals surface area (Å²) in [7, 11) is 1.73. The van der Waals surface area contributed by atoms with E-state index in [9.17, 15) is 5.11 Å². The van der Waals surface area contributed by atoms with E-state index in [0.717, 1.165) is 63.9 Å². The zero-order chi connectivity index (χ0) is 20.7. The highest BCUT2D eigenvalue weighted by Crippen LogP contribution is 2.50. The number of guanidine groups is 1. The van der Waals surface area contributed by atoms with Crippen LogP contribution in [0.3, 0.4) is 0 Å². The fourth-order valence-electron chi connectivity index (χ4n) is 3.91. The summed E-state index contributed by atoms with van der Waals surface area (Å²) in [5, 5.41) is 17.6. The van der Waals surface area contributed by atoms with Gasteiger partial charge < -0.3 is 25.2 Å². The number of nitrogens with zero attached hydrogens (tertiary/aromatic N) is 2. The van der Waals surface area contributed by atoms with Crippen LogP contribution in [0.15, 0.2) is 29.3 Å². The summed E-state index contributed by atoms with van der Waals surface area (Å²) < 4.78 is 11.0. The Balaban J connectivity index is 0.00000320. The van der Waals surface area contributed by atoms with Crippen LogP contribution in [0.25, 0.3) is 0 Å². The highest BCUT2D eigenvalue weighted by atomic mass is 127. The molecule has 1 aliphatic carbocycles. The molecule has 1 aromatic rings. The molecule has 2 aliphatic rings. The Morgan fingerprint density at radius 3 is 2.60 bits per heavy atom. The number of halogens is 1. The number of aliphatic imine (C=N–C) groups is 1. The summed E-state index contributed by atoms with van der Waals surface area (Å²) in [6.07, 6.45) is 2.27. The van der Waals surface area contributed by atoms with Crippen molar-refractivity contribution in [1.29, 1.82) is 0 Å². The van der Waals surface area contributed by atoms with Crippen LogP contribution >= 0.6 is 24.0 Å². The van der Waals surface area contributed by atoms with Crippen molar-refractivity contribution >= 4 is 29.9 Å². The first kappa shape index (κ1) is 25.2. The predicted molar refractivity (Wildman–Crippen MR) is 131 cm³/mol. The maximum atomic E-state index is 10.8. The predicted octanol–water partition coefficient (Wildman–Crippen LogP) is 1.98. The Kier molecular flexibility index (Phi) is 9.65. The van der Waals surface area contributed by atoms with Gasteiger partial charge in [-0.25, -0.2) is 0 Å². The number of nitrogens with one attached hydrogen (secondary N) is 2. The second-order valence-electron chi connectivity index (χ2n) is 8.41. The van der Waals surface area contributed by atoms with Crippen LogP contribution in [0, 0.1) is 0 Å². The lowest BCUT2D eigenvalue weighted by Gasteiger charge is -2.33. The number of hydrogen-bond donors (Lipinski definition) is 3. The van der Waals surface area contributed by atoms with Crippen molar-refractivity contribution in [2.75, 3.05) is 59.6 Å². The molecule has 1 unspecified atom stereocenters. The van der Waals surface area contributed by atoms with Crippen LogP contribution in [-0.4, -0.2) is 81.2 Å². The van der Waals surface area contributed by atoms with E-state index in [1.54, 1.807) is 7.11 Å². The molecule has 0 amide bonds. The molecular formula is C22H37IN4O3. The first-order chi connectivity index (χ1) is 14.0. The van der Waals surface area contributed by atoms with Gasteiger partial charge in [-0.1, -0.05) is 18.2 Å². The lowest BCUT2D eigenvalue weighted by molar-refractivity contribution is -0.0179. The van der Waals surface area contributed by atoms with E-state index in [-0.39, 0.29) is 29.4 Å². The molecular weight excluding hydrogens is 495 g/mol. The molecule has 2 fully saturated rings. The van der Waals surface area contributed by atoms with Gasteiger partial charge in [0, 0.05) is 43.7 Å². The third-order valence-electron chi connectivity index (χ3n) is 5.72. The topological polar surface area (TPSA) is 78.4 Å². The van der Waals surface area contributed by atoms with Crippen LogP contribution in [0.4, 0.5) is 0 Å². The van der Waals surface area contributed by atoms with E-state index in [0.29, 0.717) is 13.1 Å². The average molecular weight is 532 g/mol. The van der Waals surface area contributed by atoms with Crippen molar-refractivity contribution in [3.63, 3.8) is 0 Å². The number of methoxy groups -OCH3 is 1. The molecule has 1 atom stereocenters. The molecule has 7 nitrogen and oxygen atoms in total. The molecule has 170 valence electrons. The van der Waals surface area contributed by atoms with Gasteiger partial charge in [0.15, 0.2) is 5.96 Å². The molecule has 1 aliphatic heterocycles. The zero-order valence-corrected chi connectivity index (χ0v) is 20.8. The van der Waals surface area contributed by atoms with Gasteiger partial charge in [-0.2, -0.15) is 0 Å². The van der Waals surface area contributed by atoms with Crippen molar-refractivity contribution in [2.24, 2.45) is 4.99 Å². The van der Waals surface area contributed by atoms with Crippen LogP contribution in [-0.2, 0) is 10.2 Å². The number of morpholine rings is 1. The Hall–Kier alpha value is -1.10. The fourth-order valence-corrected chi connectivity index (χ4v) is 3.91. The number of hydrogen-bond acceptors (Lipinski definition) is 5. The van der Waals surface area contributed by atoms with Crippen molar-refractivity contribution in [1.82, 2.24) is 15.5 Å². The molecule has 30 heavy (non-hydrogen) atoms. The quantitative estimate of drug-likeness (QED) is 0.257. The summed E-state index contributed by atoms with van der Waals surface area (Å²) in [6, 6.07) is 8.26. The first-order valence-corrected chi connectivity index (χ1v) is 10.7. The SMILES string of the molecule is CCNC(=NCC(C)(O)CN1CCOCC1)NCC1(c2ccccc2OC)CC1.I. The zero-order valence-electron chi connectivity index (χ0n) is 18.4. The second kappa shape index (κ2) is 11.5. The smallest absolute Gasteiger partial charge is 0.191 e. The van der Waals surface area contributed by atoms with E-state index in [1.165, 1.54) is 5.56 Å².